The van der Waals surface area contributed by atoms with Crippen LogP contribution in [0.5, 0.6) is 5.75 Å². The van der Waals surface area contributed by atoms with Gasteiger partial charge >= 0.3 is 0 Å². The molecule has 0 aliphatic carbocycles. The number of methoxy groups -OCH3 is 1. The number of ether oxygens (including phenoxy) is 1. The van der Waals surface area contributed by atoms with E-state index in [-0.39, 0.29) is 16.5 Å². The first-order chi connectivity index (χ1) is 15.9. The van der Waals surface area contributed by atoms with Crippen molar-refractivity contribution in [1.82, 2.24) is 15.0 Å². The van der Waals surface area contributed by atoms with Gasteiger partial charge in [0.1, 0.15) is 22.3 Å². The monoisotopic (exact) mass is 443 g/mol. The van der Waals surface area contributed by atoms with E-state index >= 15 is 0 Å². The highest BCUT2D eigenvalue weighted by Crippen LogP contribution is 2.13. The number of benzene rings is 2. The number of aromatic amines is 2. The van der Waals surface area contributed by atoms with Gasteiger partial charge in [-0.05, 0) is 54.1 Å². The lowest BCUT2D eigenvalue weighted by molar-refractivity contribution is 0.103. The molecule has 0 saturated carbocycles. The summed E-state index contributed by atoms with van der Waals surface area (Å²) < 4.78 is 18.3. The summed E-state index contributed by atoms with van der Waals surface area (Å²) in [4.78, 5) is 47.0. The zero-order valence-corrected chi connectivity index (χ0v) is 17.5. The SMILES string of the molecule is COc1ccnc(C=c2[nH]c(=O)c(=Cc3cccc(C(=O)c4ccc(F)cc4)c3)[nH]c2=O)c1. The number of nitrogens with one attached hydrogen (secondary N) is 2. The number of halogens is 1. The molecule has 0 aliphatic rings. The molecule has 0 fully saturated rings. The molecule has 33 heavy (non-hydrogen) atoms. The number of rotatable bonds is 5. The molecule has 0 radical (unpaired) electrons. The summed E-state index contributed by atoms with van der Waals surface area (Å²) in [7, 11) is 1.51. The molecule has 0 atom stereocenters. The lowest BCUT2D eigenvalue weighted by Gasteiger charge is -2.03. The molecule has 0 spiro atoms. The molecule has 164 valence electrons. The highest BCUT2D eigenvalue weighted by atomic mass is 19.1. The predicted molar refractivity (Wildman–Crippen MR) is 121 cm³/mol. The minimum Gasteiger partial charge on any atom is -0.497 e. The Balaban J connectivity index is 1.71. The zero-order valence-electron chi connectivity index (χ0n) is 17.5. The maximum Gasteiger partial charge on any atom is 0.272 e. The number of pyridine rings is 1. The predicted octanol–water partition coefficient (Wildman–Crippen LogP) is 1.49. The number of carbonyl (C=O) groups excluding carboxylic acids is 1. The molecule has 4 aromatic rings. The van der Waals surface area contributed by atoms with E-state index in [1.54, 1.807) is 36.4 Å². The highest BCUT2D eigenvalue weighted by molar-refractivity contribution is 6.09. The topological polar surface area (TPSA) is 105 Å². The van der Waals surface area contributed by atoms with Gasteiger partial charge in [0.15, 0.2) is 5.78 Å². The fraction of sp³-hybridized carbons (Fsp3) is 0.0400. The second kappa shape index (κ2) is 9.27. The number of nitrogens with zero attached hydrogens (tertiary/aromatic N) is 1. The number of carbonyl (C=O) groups is 1. The van der Waals surface area contributed by atoms with E-state index in [4.69, 9.17) is 4.74 Å². The largest absolute Gasteiger partial charge is 0.497 e. The third-order valence-electron chi connectivity index (χ3n) is 4.83. The minimum absolute atomic E-state index is 0.0298. The van der Waals surface area contributed by atoms with Crippen LogP contribution in [-0.2, 0) is 0 Å². The Hall–Kier alpha value is -4.59. The summed E-state index contributed by atoms with van der Waals surface area (Å²) in [6.45, 7) is 0. The fourth-order valence-electron chi connectivity index (χ4n) is 3.18. The molecule has 2 heterocycles. The van der Waals surface area contributed by atoms with Crippen LogP contribution < -0.4 is 26.6 Å². The van der Waals surface area contributed by atoms with Crippen LogP contribution in [0.4, 0.5) is 4.39 Å². The zero-order chi connectivity index (χ0) is 23.4. The average molecular weight is 443 g/mol. The van der Waals surface area contributed by atoms with Crippen molar-refractivity contribution in [3.8, 4) is 5.75 Å². The molecule has 2 N–H and O–H groups in total. The van der Waals surface area contributed by atoms with Gasteiger partial charge in [-0.3, -0.25) is 19.4 Å². The van der Waals surface area contributed by atoms with Gasteiger partial charge in [0.25, 0.3) is 11.1 Å². The van der Waals surface area contributed by atoms with Crippen molar-refractivity contribution in [3.63, 3.8) is 0 Å². The van der Waals surface area contributed by atoms with E-state index in [0.717, 1.165) is 0 Å². The summed E-state index contributed by atoms with van der Waals surface area (Å²) in [5.74, 6) is -0.155. The van der Waals surface area contributed by atoms with Crippen molar-refractivity contribution in [2.45, 2.75) is 0 Å². The Bertz CT molecular complexity index is 1570. The lowest BCUT2D eigenvalue weighted by Crippen LogP contribution is -2.46. The van der Waals surface area contributed by atoms with E-state index in [2.05, 4.69) is 15.0 Å². The van der Waals surface area contributed by atoms with Gasteiger partial charge < -0.3 is 14.7 Å². The van der Waals surface area contributed by atoms with E-state index in [9.17, 15) is 18.8 Å². The van der Waals surface area contributed by atoms with Crippen LogP contribution in [0.25, 0.3) is 12.2 Å². The van der Waals surface area contributed by atoms with Crippen LogP contribution in [0.15, 0.2) is 76.4 Å². The van der Waals surface area contributed by atoms with Crippen LogP contribution in [-0.4, -0.2) is 27.8 Å². The van der Waals surface area contributed by atoms with Crippen LogP contribution in [0, 0.1) is 5.82 Å². The smallest absolute Gasteiger partial charge is 0.272 e. The van der Waals surface area contributed by atoms with E-state index in [1.807, 2.05) is 0 Å². The molecular weight excluding hydrogens is 425 g/mol. The Kier molecular flexibility index (Phi) is 6.08. The number of aromatic nitrogens is 3. The van der Waals surface area contributed by atoms with Gasteiger partial charge in [-0.25, -0.2) is 4.39 Å². The molecule has 2 aromatic heterocycles. The van der Waals surface area contributed by atoms with Crippen molar-refractivity contribution >= 4 is 17.9 Å². The van der Waals surface area contributed by atoms with Crippen LogP contribution in [0.2, 0.25) is 0 Å². The first kappa shape index (κ1) is 21.6. The fourth-order valence-corrected chi connectivity index (χ4v) is 3.18. The number of ketones is 1. The van der Waals surface area contributed by atoms with E-state index < -0.39 is 16.9 Å². The van der Waals surface area contributed by atoms with Crippen LogP contribution in [0.1, 0.15) is 27.2 Å². The van der Waals surface area contributed by atoms with Gasteiger partial charge in [-0.2, -0.15) is 0 Å². The van der Waals surface area contributed by atoms with Crippen molar-refractivity contribution < 1.29 is 13.9 Å². The average Bonchev–Trinajstić information content (AvgIpc) is 2.82. The number of hydrogen-bond acceptors (Lipinski definition) is 5. The standard InChI is InChI=1S/C25H18FN3O4/c1-33-20-9-10-27-19(13-20)14-22-25(32)28-21(24(31)29-22)12-15-3-2-4-17(11-15)23(30)16-5-7-18(26)8-6-16/h2-14H,1H3,(H,28,32)(H,29,31). The molecule has 0 aliphatic heterocycles. The van der Waals surface area contributed by atoms with Gasteiger partial charge in [0.05, 0.1) is 12.8 Å². The summed E-state index contributed by atoms with van der Waals surface area (Å²) in [5, 5.41) is 0.0697. The van der Waals surface area contributed by atoms with Gasteiger partial charge in [-0.1, -0.05) is 18.2 Å². The molecule has 2 aromatic carbocycles. The molecule has 0 unspecified atom stereocenters. The number of hydrogen-bond donors (Lipinski definition) is 2. The van der Waals surface area contributed by atoms with Crippen molar-refractivity contribution in [2.24, 2.45) is 0 Å². The summed E-state index contributed by atoms with van der Waals surface area (Å²) in [6, 6.07) is 15.1. The van der Waals surface area contributed by atoms with Crippen molar-refractivity contribution in [1.29, 1.82) is 0 Å². The Morgan fingerprint density at radius 2 is 1.61 bits per heavy atom. The lowest BCUT2D eigenvalue weighted by atomic mass is 10.0. The Morgan fingerprint density at radius 1 is 0.909 bits per heavy atom. The first-order valence-corrected chi connectivity index (χ1v) is 9.89. The molecule has 0 bridgehead atoms. The van der Waals surface area contributed by atoms with E-state index in [1.165, 1.54) is 49.7 Å². The van der Waals surface area contributed by atoms with Crippen LogP contribution in [0.3, 0.4) is 0 Å². The van der Waals surface area contributed by atoms with Crippen LogP contribution >= 0.6 is 0 Å². The van der Waals surface area contributed by atoms with E-state index in [0.29, 0.717) is 28.1 Å². The molecule has 0 amide bonds. The second-order valence-corrected chi connectivity index (χ2v) is 7.11. The molecule has 0 saturated heterocycles. The molecular formula is C25H18FN3O4. The maximum atomic E-state index is 13.1. The first-order valence-electron chi connectivity index (χ1n) is 9.89. The van der Waals surface area contributed by atoms with Gasteiger partial charge in [0.2, 0.25) is 0 Å². The highest BCUT2D eigenvalue weighted by Gasteiger charge is 2.09. The summed E-state index contributed by atoms with van der Waals surface area (Å²) in [5.41, 5.74) is 0.659. The summed E-state index contributed by atoms with van der Waals surface area (Å²) >= 11 is 0. The second-order valence-electron chi connectivity index (χ2n) is 7.11. The van der Waals surface area contributed by atoms with Gasteiger partial charge in [-0.15, -0.1) is 0 Å². The quantitative estimate of drug-likeness (QED) is 0.455. The Morgan fingerprint density at radius 3 is 2.30 bits per heavy atom. The molecule has 8 heteroatoms. The number of H-pyrrole nitrogens is 2. The Labute approximate surface area is 186 Å². The van der Waals surface area contributed by atoms with Crippen molar-refractivity contribution in [2.75, 3.05) is 7.11 Å². The normalized spacial score (nSPS) is 12.1. The third-order valence-corrected chi connectivity index (χ3v) is 4.83. The third kappa shape index (κ3) is 5.01. The molecule has 7 nitrogen and oxygen atoms in total. The van der Waals surface area contributed by atoms with Gasteiger partial charge in [0, 0.05) is 23.4 Å². The minimum atomic E-state index is -0.515. The summed E-state index contributed by atoms with van der Waals surface area (Å²) in [6.07, 6.45) is 4.43. The van der Waals surface area contributed by atoms with Crippen molar-refractivity contribution in [3.05, 3.63) is 126 Å². The maximum absolute atomic E-state index is 13.1. The molecule has 4 rings (SSSR count).